The molecule has 0 saturated heterocycles. The van der Waals surface area contributed by atoms with Gasteiger partial charge in [-0.1, -0.05) is 419 Å². The first-order valence-corrected chi connectivity index (χ1v) is 47.8. The summed E-state index contributed by atoms with van der Waals surface area (Å²) in [7, 11) is -9.92. The first-order chi connectivity index (χ1) is 51.2. The van der Waals surface area contributed by atoms with E-state index in [0.717, 1.165) is 89.9 Å². The Kier molecular flexibility index (Phi) is 78.6. The number of esters is 4. The van der Waals surface area contributed by atoms with Gasteiger partial charge in [0, 0.05) is 25.7 Å². The highest BCUT2D eigenvalue weighted by Crippen LogP contribution is 2.45. The molecule has 0 spiro atoms. The van der Waals surface area contributed by atoms with Crippen LogP contribution in [0.1, 0.15) is 471 Å². The molecular formula is C86H168O17P2. The van der Waals surface area contributed by atoms with E-state index in [1.54, 1.807) is 0 Å². The first-order valence-electron chi connectivity index (χ1n) is 44.8. The maximum absolute atomic E-state index is 13.1. The Morgan fingerprint density at radius 2 is 0.381 bits per heavy atom. The quantitative estimate of drug-likeness (QED) is 0.0222. The summed E-state index contributed by atoms with van der Waals surface area (Å²) in [6.07, 6.45) is 75.2. The van der Waals surface area contributed by atoms with Crippen LogP contribution in [0.15, 0.2) is 0 Å². The fraction of sp³-hybridized carbons (Fsp3) is 0.953. The molecule has 0 fully saturated rings. The average Bonchev–Trinajstić information content (AvgIpc) is 0.905. The molecule has 0 saturated carbocycles. The van der Waals surface area contributed by atoms with Crippen molar-refractivity contribution >= 4 is 39.5 Å². The zero-order chi connectivity index (χ0) is 76.7. The number of aliphatic hydroxyl groups is 1. The van der Waals surface area contributed by atoms with Crippen LogP contribution in [0.2, 0.25) is 0 Å². The van der Waals surface area contributed by atoms with Crippen LogP contribution in [0.4, 0.5) is 0 Å². The number of carbonyl (C=O) groups excluding carboxylic acids is 4. The second-order valence-electron chi connectivity index (χ2n) is 30.9. The van der Waals surface area contributed by atoms with Gasteiger partial charge < -0.3 is 33.8 Å². The monoisotopic (exact) mass is 1540 g/mol. The maximum Gasteiger partial charge on any atom is 0.472 e. The van der Waals surface area contributed by atoms with Crippen LogP contribution in [0.5, 0.6) is 0 Å². The Morgan fingerprint density at radius 1 is 0.229 bits per heavy atom. The summed E-state index contributed by atoms with van der Waals surface area (Å²) in [6, 6.07) is 0. The molecule has 5 atom stereocenters. The van der Waals surface area contributed by atoms with Crippen molar-refractivity contribution in [3.05, 3.63) is 0 Å². The van der Waals surface area contributed by atoms with Crippen molar-refractivity contribution in [3.8, 4) is 0 Å². The zero-order valence-corrected chi connectivity index (χ0v) is 70.5. The van der Waals surface area contributed by atoms with Gasteiger partial charge in [-0.15, -0.1) is 0 Å². The number of aliphatic hydroxyl groups excluding tert-OH is 1. The van der Waals surface area contributed by atoms with Crippen LogP contribution < -0.4 is 0 Å². The van der Waals surface area contributed by atoms with E-state index in [-0.39, 0.29) is 25.7 Å². The number of phosphoric acid groups is 2. The highest BCUT2D eigenvalue weighted by Gasteiger charge is 2.30. The van der Waals surface area contributed by atoms with Gasteiger partial charge in [0.15, 0.2) is 12.2 Å². The average molecular weight is 1540 g/mol. The summed E-state index contributed by atoms with van der Waals surface area (Å²) < 4.78 is 68.8. The smallest absolute Gasteiger partial charge is 0.462 e. The van der Waals surface area contributed by atoms with Crippen LogP contribution in [-0.2, 0) is 65.4 Å². The molecule has 0 aliphatic heterocycles. The molecule has 0 aromatic rings. The molecular weight excluding hydrogens is 1370 g/mol. The van der Waals surface area contributed by atoms with Gasteiger partial charge in [0.05, 0.1) is 26.4 Å². The van der Waals surface area contributed by atoms with Crippen LogP contribution in [-0.4, -0.2) is 96.7 Å². The van der Waals surface area contributed by atoms with Gasteiger partial charge in [-0.25, -0.2) is 9.13 Å². The summed E-state index contributed by atoms with van der Waals surface area (Å²) in [5.74, 6) is -2.10. The number of phosphoric ester groups is 2. The zero-order valence-electron chi connectivity index (χ0n) is 68.7. The minimum absolute atomic E-state index is 0.109. The SMILES string of the molecule is CCCCCCCCCCCCCCCCCCCCCCCC(=O)O[C@H](COC(=O)CCCCCCCCCCCCCCCCCCCCCC)COP(=O)(O)OC[C@@H](O)COP(=O)(O)OC[C@@H](COC(=O)CCCCCCCCCC)OC(=O)CCCCCCCCCCCCCCCCCC. The topological polar surface area (TPSA) is 237 Å². The van der Waals surface area contributed by atoms with Crippen molar-refractivity contribution in [2.45, 2.75) is 489 Å². The van der Waals surface area contributed by atoms with Crippen molar-refractivity contribution in [2.24, 2.45) is 0 Å². The standard InChI is InChI=1S/C86H168O17P2/c1-5-9-13-17-21-25-28-31-34-37-39-41-43-45-48-51-54-57-61-65-69-73-86(91)103-82(77-97-84(89)71-67-63-59-55-52-49-47-44-42-40-38-35-32-29-26-22-18-14-10-6-2)79-101-105(94,95)99-75-80(87)74-98-104(92,93)100-78-81(76-96-83(88)70-66-62-58-24-20-16-12-8-4)102-85(90)72-68-64-60-56-53-50-46-36-33-30-27-23-19-15-11-7-3/h80-82,87H,5-79H2,1-4H3,(H,92,93)(H,94,95)/t80-,81+,82+/m0/s1. The molecule has 0 radical (unpaired) electrons. The second-order valence-corrected chi connectivity index (χ2v) is 33.8. The minimum atomic E-state index is -4.96. The molecule has 105 heavy (non-hydrogen) atoms. The molecule has 0 amide bonds. The van der Waals surface area contributed by atoms with Crippen LogP contribution >= 0.6 is 15.6 Å². The van der Waals surface area contributed by atoms with Crippen molar-refractivity contribution < 1.29 is 80.2 Å². The van der Waals surface area contributed by atoms with E-state index in [2.05, 4.69) is 27.7 Å². The molecule has 0 aromatic heterocycles. The Balaban J connectivity index is 5.18. The lowest BCUT2D eigenvalue weighted by molar-refractivity contribution is -0.161. The Hall–Kier alpha value is -1.94. The third-order valence-electron chi connectivity index (χ3n) is 20.4. The van der Waals surface area contributed by atoms with Gasteiger partial charge in [-0.05, 0) is 25.7 Å². The Morgan fingerprint density at radius 3 is 0.562 bits per heavy atom. The van der Waals surface area contributed by atoms with Gasteiger partial charge in [0.1, 0.15) is 19.3 Å². The Bertz CT molecular complexity index is 1980. The van der Waals surface area contributed by atoms with Gasteiger partial charge >= 0.3 is 39.5 Å². The Labute approximate surface area is 645 Å². The van der Waals surface area contributed by atoms with Crippen molar-refractivity contribution in [3.63, 3.8) is 0 Å². The highest BCUT2D eigenvalue weighted by atomic mass is 31.2. The van der Waals surface area contributed by atoms with E-state index < -0.39 is 97.5 Å². The van der Waals surface area contributed by atoms with Crippen molar-refractivity contribution in [1.82, 2.24) is 0 Å². The predicted molar refractivity (Wildman–Crippen MR) is 432 cm³/mol. The number of hydrogen-bond acceptors (Lipinski definition) is 15. The second kappa shape index (κ2) is 80.1. The lowest BCUT2D eigenvalue weighted by Crippen LogP contribution is -2.30. The molecule has 0 rings (SSSR count). The molecule has 0 bridgehead atoms. The van der Waals surface area contributed by atoms with E-state index in [0.29, 0.717) is 25.7 Å². The third-order valence-corrected chi connectivity index (χ3v) is 22.3. The molecule has 2 unspecified atom stereocenters. The predicted octanol–water partition coefficient (Wildman–Crippen LogP) is 26.5. The summed E-state index contributed by atoms with van der Waals surface area (Å²) >= 11 is 0. The summed E-state index contributed by atoms with van der Waals surface area (Å²) in [5.41, 5.74) is 0. The molecule has 0 aliphatic carbocycles. The number of unbranched alkanes of at least 4 members (excludes halogenated alkanes) is 61. The van der Waals surface area contributed by atoms with Crippen LogP contribution in [0.25, 0.3) is 0 Å². The molecule has 17 nitrogen and oxygen atoms in total. The number of carbonyl (C=O) groups is 4. The molecule has 0 aromatic carbocycles. The fourth-order valence-corrected chi connectivity index (χ4v) is 15.1. The van der Waals surface area contributed by atoms with E-state index in [9.17, 15) is 43.2 Å². The minimum Gasteiger partial charge on any atom is -0.462 e. The van der Waals surface area contributed by atoms with Crippen molar-refractivity contribution in [2.75, 3.05) is 39.6 Å². The van der Waals surface area contributed by atoms with Gasteiger partial charge in [-0.3, -0.25) is 37.3 Å². The molecule has 0 heterocycles. The number of hydrogen-bond donors (Lipinski definition) is 3. The number of rotatable bonds is 87. The molecule has 19 heteroatoms. The molecule has 3 N–H and O–H groups in total. The fourth-order valence-electron chi connectivity index (χ4n) is 13.5. The van der Waals surface area contributed by atoms with Crippen LogP contribution in [0.3, 0.4) is 0 Å². The number of ether oxygens (including phenoxy) is 4. The van der Waals surface area contributed by atoms with E-state index in [4.69, 9.17) is 37.0 Å². The van der Waals surface area contributed by atoms with Gasteiger partial charge in [0.25, 0.3) is 0 Å². The maximum atomic E-state index is 13.1. The summed E-state index contributed by atoms with van der Waals surface area (Å²) in [4.78, 5) is 73.1. The summed E-state index contributed by atoms with van der Waals surface area (Å²) in [5, 5.41) is 10.7. The van der Waals surface area contributed by atoms with E-state index in [1.165, 1.54) is 302 Å². The third kappa shape index (κ3) is 79.9. The lowest BCUT2D eigenvalue weighted by Gasteiger charge is -2.21. The molecule has 624 valence electrons. The van der Waals surface area contributed by atoms with Crippen LogP contribution in [0, 0.1) is 0 Å². The van der Waals surface area contributed by atoms with Gasteiger partial charge in [-0.2, -0.15) is 0 Å². The largest absolute Gasteiger partial charge is 0.472 e. The van der Waals surface area contributed by atoms with E-state index in [1.807, 2.05) is 0 Å². The first kappa shape index (κ1) is 103. The van der Waals surface area contributed by atoms with Gasteiger partial charge in [0.2, 0.25) is 0 Å². The highest BCUT2D eigenvalue weighted by molar-refractivity contribution is 7.47. The lowest BCUT2D eigenvalue weighted by atomic mass is 10.0. The summed E-state index contributed by atoms with van der Waals surface area (Å²) in [6.45, 7) is 5.03. The molecule has 0 aliphatic rings. The normalized spacial score (nSPS) is 13.7. The van der Waals surface area contributed by atoms with Crippen molar-refractivity contribution in [1.29, 1.82) is 0 Å². The van der Waals surface area contributed by atoms with E-state index >= 15 is 0 Å².